The molecular weight excluding hydrogens is 329 g/mol. The van der Waals surface area contributed by atoms with Crippen LogP contribution >= 0.6 is 0 Å². The molecule has 3 aromatic rings. The van der Waals surface area contributed by atoms with Gasteiger partial charge in [0, 0.05) is 18.5 Å². The number of amides is 1. The largest absolute Gasteiger partial charge is 0.478 e. The van der Waals surface area contributed by atoms with E-state index in [9.17, 15) is 14.0 Å². The second-order valence-electron chi connectivity index (χ2n) is 5.30. The summed E-state index contributed by atoms with van der Waals surface area (Å²) >= 11 is 0. The van der Waals surface area contributed by atoms with E-state index in [1.165, 1.54) is 29.2 Å². The zero-order valence-corrected chi connectivity index (χ0v) is 13.0. The van der Waals surface area contributed by atoms with Crippen molar-refractivity contribution in [3.05, 3.63) is 65.9 Å². The molecule has 1 amide bonds. The van der Waals surface area contributed by atoms with Crippen LogP contribution in [0.2, 0.25) is 0 Å². The van der Waals surface area contributed by atoms with Crippen LogP contribution in [0.15, 0.2) is 48.9 Å². The van der Waals surface area contributed by atoms with Gasteiger partial charge in [0.2, 0.25) is 5.91 Å². The molecule has 25 heavy (non-hydrogen) atoms. The van der Waals surface area contributed by atoms with Crippen molar-refractivity contribution in [1.29, 1.82) is 0 Å². The lowest BCUT2D eigenvalue weighted by Gasteiger charge is -2.03. The van der Waals surface area contributed by atoms with E-state index < -0.39 is 5.97 Å². The van der Waals surface area contributed by atoms with Crippen LogP contribution in [0.1, 0.15) is 15.9 Å². The summed E-state index contributed by atoms with van der Waals surface area (Å²) in [7, 11) is 0. The molecule has 0 aliphatic carbocycles. The molecule has 0 unspecified atom stereocenters. The highest BCUT2D eigenvalue weighted by molar-refractivity contribution is 5.90. The molecule has 0 atom stereocenters. The fourth-order valence-corrected chi connectivity index (χ4v) is 2.18. The highest BCUT2D eigenvalue weighted by Gasteiger charge is 2.10. The van der Waals surface area contributed by atoms with Crippen LogP contribution in [0.3, 0.4) is 0 Å². The first kappa shape index (κ1) is 16.4. The van der Waals surface area contributed by atoms with Gasteiger partial charge in [0.1, 0.15) is 12.4 Å². The van der Waals surface area contributed by atoms with Crippen LogP contribution in [0, 0.1) is 5.82 Å². The number of carboxylic acid groups (broad SMARTS) is 1. The van der Waals surface area contributed by atoms with Gasteiger partial charge in [-0.2, -0.15) is 10.2 Å². The number of hydrogen-bond acceptors (Lipinski definition) is 4. The molecule has 128 valence electrons. The molecule has 2 N–H and O–H groups in total. The molecule has 1 aromatic carbocycles. The maximum Gasteiger partial charge on any atom is 0.338 e. The van der Waals surface area contributed by atoms with Crippen molar-refractivity contribution in [2.75, 3.05) is 5.32 Å². The predicted molar refractivity (Wildman–Crippen MR) is 85.5 cm³/mol. The summed E-state index contributed by atoms with van der Waals surface area (Å²) < 4.78 is 15.7. The third kappa shape index (κ3) is 4.28. The molecule has 0 aliphatic rings. The Hall–Kier alpha value is -3.49. The second-order valence-corrected chi connectivity index (χ2v) is 5.30. The van der Waals surface area contributed by atoms with Crippen LogP contribution < -0.4 is 5.32 Å². The van der Waals surface area contributed by atoms with Gasteiger partial charge in [-0.1, -0.05) is 12.1 Å². The quantitative estimate of drug-likeness (QED) is 0.708. The molecule has 2 aromatic heterocycles. The fraction of sp³-hybridized carbons (Fsp3) is 0.125. The predicted octanol–water partition coefficient (Wildman–Crippen LogP) is 1.60. The smallest absolute Gasteiger partial charge is 0.338 e. The van der Waals surface area contributed by atoms with E-state index in [0.29, 0.717) is 12.4 Å². The van der Waals surface area contributed by atoms with Crippen molar-refractivity contribution in [2.45, 2.75) is 13.1 Å². The van der Waals surface area contributed by atoms with Crippen molar-refractivity contribution in [3.8, 4) is 0 Å². The second kappa shape index (κ2) is 6.95. The van der Waals surface area contributed by atoms with Crippen molar-refractivity contribution >= 4 is 17.7 Å². The maximum atomic E-state index is 12.9. The SMILES string of the molecule is O=C(Cn1cc(C(=O)O)cn1)Nc1ccn(Cc2ccc(F)cc2)n1. The molecule has 2 heterocycles. The standard InChI is InChI=1S/C16H14FN5O3/c17-13-3-1-11(2-4-13)8-21-6-5-14(20-21)19-15(23)10-22-9-12(7-18-22)16(24)25/h1-7,9H,8,10H2,(H,24,25)(H,19,20,23). The van der Waals surface area contributed by atoms with Crippen LogP contribution in [0.5, 0.6) is 0 Å². The number of nitrogens with zero attached hydrogens (tertiary/aromatic N) is 4. The van der Waals surface area contributed by atoms with Gasteiger partial charge < -0.3 is 10.4 Å². The number of benzene rings is 1. The van der Waals surface area contributed by atoms with Gasteiger partial charge in [-0.15, -0.1) is 0 Å². The van der Waals surface area contributed by atoms with Gasteiger partial charge in [-0.3, -0.25) is 14.2 Å². The molecule has 0 fully saturated rings. The lowest BCUT2D eigenvalue weighted by atomic mass is 10.2. The minimum Gasteiger partial charge on any atom is -0.478 e. The van der Waals surface area contributed by atoms with Crippen molar-refractivity contribution < 1.29 is 19.1 Å². The highest BCUT2D eigenvalue weighted by Crippen LogP contribution is 2.08. The lowest BCUT2D eigenvalue weighted by molar-refractivity contribution is -0.116. The maximum absolute atomic E-state index is 12.9. The van der Waals surface area contributed by atoms with Gasteiger partial charge in [-0.25, -0.2) is 9.18 Å². The Labute approximate surface area is 141 Å². The monoisotopic (exact) mass is 343 g/mol. The van der Waals surface area contributed by atoms with Crippen LogP contribution in [-0.2, 0) is 17.9 Å². The normalized spacial score (nSPS) is 10.6. The van der Waals surface area contributed by atoms with E-state index in [1.54, 1.807) is 29.1 Å². The molecule has 8 nitrogen and oxygen atoms in total. The molecule has 3 rings (SSSR count). The Morgan fingerprint density at radius 3 is 2.60 bits per heavy atom. The third-order valence-electron chi connectivity index (χ3n) is 3.35. The van der Waals surface area contributed by atoms with E-state index >= 15 is 0 Å². The van der Waals surface area contributed by atoms with E-state index in [2.05, 4.69) is 15.5 Å². The zero-order chi connectivity index (χ0) is 17.8. The molecule has 0 saturated heterocycles. The van der Waals surface area contributed by atoms with Gasteiger partial charge in [0.25, 0.3) is 0 Å². The molecule has 0 spiro atoms. The summed E-state index contributed by atoms with van der Waals surface area (Å²) in [5, 5.41) is 19.4. The topological polar surface area (TPSA) is 102 Å². The fourth-order valence-electron chi connectivity index (χ4n) is 2.18. The molecule has 9 heteroatoms. The zero-order valence-electron chi connectivity index (χ0n) is 13.0. The number of hydrogen-bond donors (Lipinski definition) is 2. The number of carboxylic acids is 1. The summed E-state index contributed by atoms with van der Waals surface area (Å²) in [5.41, 5.74) is 0.886. The number of nitrogens with one attached hydrogen (secondary N) is 1. The highest BCUT2D eigenvalue weighted by atomic mass is 19.1. The summed E-state index contributed by atoms with van der Waals surface area (Å²) in [6, 6.07) is 7.70. The van der Waals surface area contributed by atoms with Crippen molar-refractivity contribution in [2.24, 2.45) is 0 Å². The lowest BCUT2D eigenvalue weighted by Crippen LogP contribution is -2.19. The Morgan fingerprint density at radius 2 is 1.92 bits per heavy atom. The van der Waals surface area contributed by atoms with Crippen LogP contribution in [-0.4, -0.2) is 36.5 Å². The Morgan fingerprint density at radius 1 is 1.16 bits per heavy atom. The van der Waals surface area contributed by atoms with Gasteiger partial charge in [0.15, 0.2) is 5.82 Å². The van der Waals surface area contributed by atoms with Crippen molar-refractivity contribution in [3.63, 3.8) is 0 Å². The minimum atomic E-state index is -1.11. The van der Waals surface area contributed by atoms with Crippen LogP contribution in [0.4, 0.5) is 10.2 Å². The Bertz CT molecular complexity index is 901. The molecule has 0 saturated carbocycles. The first-order valence-electron chi connectivity index (χ1n) is 7.33. The summed E-state index contributed by atoms with van der Waals surface area (Å²) in [4.78, 5) is 22.7. The van der Waals surface area contributed by atoms with E-state index in [1.807, 2.05) is 0 Å². The van der Waals surface area contributed by atoms with Crippen LogP contribution in [0.25, 0.3) is 0 Å². The number of carbonyl (C=O) groups excluding carboxylic acids is 1. The molecule has 0 aliphatic heterocycles. The number of anilines is 1. The summed E-state index contributed by atoms with van der Waals surface area (Å²) in [6.07, 6.45) is 4.14. The van der Waals surface area contributed by atoms with Gasteiger partial charge >= 0.3 is 5.97 Å². The summed E-state index contributed by atoms with van der Waals surface area (Å²) in [6.45, 7) is 0.315. The molecular formula is C16H14FN5O3. The van der Waals surface area contributed by atoms with E-state index in [0.717, 1.165) is 5.56 Å². The Kier molecular flexibility index (Phi) is 4.55. The van der Waals surface area contributed by atoms with E-state index in [-0.39, 0.29) is 23.8 Å². The van der Waals surface area contributed by atoms with E-state index in [4.69, 9.17) is 5.11 Å². The Balaban J connectivity index is 1.57. The van der Waals surface area contributed by atoms with Crippen molar-refractivity contribution in [1.82, 2.24) is 19.6 Å². The average Bonchev–Trinajstić information content (AvgIpc) is 3.19. The molecule has 0 bridgehead atoms. The number of carbonyl (C=O) groups is 2. The first-order valence-corrected chi connectivity index (χ1v) is 7.33. The van der Waals surface area contributed by atoms with Gasteiger partial charge in [-0.05, 0) is 17.7 Å². The minimum absolute atomic E-state index is 0.0105. The number of aromatic carboxylic acids is 1. The molecule has 0 radical (unpaired) electrons. The average molecular weight is 343 g/mol. The number of rotatable bonds is 6. The first-order chi connectivity index (χ1) is 12.0. The van der Waals surface area contributed by atoms with Gasteiger partial charge in [0.05, 0.1) is 18.3 Å². The third-order valence-corrected chi connectivity index (χ3v) is 3.35. The number of halogens is 1. The summed E-state index contributed by atoms with van der Waals surface area (Å²) in [5.74, 6) is -1.43. The number of aromatic nitrogens is 4.